The number of para-hydroxylation sites is 1. The lowest BCUT2D eigenvalue weighted by Gasteiger charge is -2.09. The van der Waals surface area contributed by atoms with Crippen LogP contribution in [-0.4, -0.2) is 15.0 Å². The zero-order chi connectivity index (χ0) is 16.5. The van der Waals surface area contributed by atoms with Crippen molar-refractivity contribution < 1.29 is 9.13 Å². The first-order valence-electron chi connectivity index (χ1n) is 7.60. The van der Waals surface area contributed by atoms with E-state index < -0.39 is 0 Å². The van der Waals surface area contributed by atoms with Crippen LogP contribution in [0.15, 0.2) is 54.6 Å². The van der Waals surface area contributed by atoms with Gasteiger partial charge in [-0.25, -0.2) is 19.3 Å². The minimum Gasteiger partial charge on any atom is -0.470 e. The van der Waals surface area contributed by atoms with Gasteiger partial charge in [-0.05, 0) is 31.2 Å². The van der Waals surface area contributed by atoms with E-state index in [9.17, 15) is 4.39 Å². The SMILES string of the molecule is Cc1nc2ccc(F)cc2nc1OCc1ccc2ccccc2n1. The van der Waals surface area contributed by atoms with Crippen molar-refractivity contribution in [2.75, 3.05) is 0 Å². The van der Waals surface area contributed by atoms with Crippen molar-refractivity contribution in [3.63, 3.8) is 0 Å². The Morgan fingerprint density at radius 3 is 2.67 bits per heavy atom. The minimum atomic E-state index is -0.345. The van der Waals surface area contributed by atoms with E-state index in [0.29, 0.717) is 22.6 Å². The molecule has 0 bridgehead atoms. The fourth-order valence-corrected chi connectivity index (χ4v) is 2.57. The highest BCUT2D eigenvalue weighted by Crippen LogP contribution is 2.20. The molecular formula is C19H14FN3O. The maximum atomic E-state index is 13.3. The molecule has 5 heteroatoms. The summed E-state index contributed by atoms with van der Waals surface area (Å²) in [6.45, 7) is 2.10. The van der Waals surface area contributed by atoms with Crippen molar-refractivity contribution in [3.8, 4) is 5.88 Å². The van der Waals surface area contributed by atoms with E-state index in [-0.39, 0.29) is 12.4 Å². The van der Waals surface area contributed by atoms with Crippen LogP contribution in [0.4, 0.5) is 4.39 Å². The Labute approximate surface area is 138 Å². The molecule has 0 aliphatic rings. The first kappa shape index (κ1) is 14.5. The highest BCUT2D eigenvalue weighted by Gasteiger charge is 2.08. The predicted octanol–water partition coefficient (Wildman–Crippen LogP) is 4.20. The molecule has 2 aromatic carbocycles. The first-order chi connectivity index (χ1) is 11.7. The fourth-order valence-electron chi connectivity index (χ4n) is 2.57. The molecule has 24 heavy (non-hydrogen) atoms. The lowest BCUT2D eigenvalue weighted by atomic mass is 10.2. The Morgan fingerprint density at radius 1 is 0.875 bits per heavy atom. The molecule has 0 amide bonds. The van der Waals surface area contributed by atoms with Gasteiger partial charge in [-0.1, -0.05) is 24.3 Å². The topological polar surface area (TPSA) is 47.9 Å². The molecule has 4 nitrogen and oxygen atoms in total. The Morgan fingerprint density at radius 2 is 1.75 bits per heavy atom. The number of hydrogen-bond donors (Lipinski definition) is 0. The summed E-state index contributed by atoms with van der Waals surface area (Å²) in [5.74, 6) is 0.0471. The monoisotopic (exact) mass is 319 g/mol. The van der Waals surface area contributed by atoms with Crippen LogP contribution >= 0.6 is 0 Å². The number of hydrogen-bond acceptors (Lipinski definition) is 4. The third kappa shape index (κ3) is 2.76. The van der Waals surface area contributed by atoms with E-state index in [1.807, 2.05) is 43.3 Å². The molecule has 0 aliphatic heterocycles. The van der Waals surface area contributed by atoms with Gasteiger partial charge < -0.3 is 4.74 Å². The second-order valence-electron chi connectivity index (χ2n) is 5.53. The van der Waals surface area contributed by atoms with Gasteiger partial charge in [0.15, 0.2) is 0 Å². The van der Waals surface area contributed by atoms with Gasteiger partial charge in [-0.2, -0.15) is 0 Å². The van der Waals surface area contributed by atoms with Crippen molar-refractivity contribution in [1.29, 1.82) is 0 Å². The van der Waals surface area contributed by atoms with Crippen molar-refractivity contribution in [3.05, 3.63) is 71.8 Å². The standard InChI is InChI=1S/C19H14FN3O/c1-12-19(23-18-10-14(20)7-9-17(18)21-12)24-11-15-8-6-13-4-2-3-5-16(13)22-15/h2-10H,11H2,1H3. The van der Waals surface area contributed by atoms with Gasteiger partial charge in [0, 0.05) is 11.5 Å². The van der Waals surface area contributed by atoms with Crippen LogP contribution in [0, 0.1) is 12.7 Å². The maximum Gasteiger partial charge on any atom is 0.236 e. The molecule has 118 valence electrons. The minimum absolute atomic E-state index is 0.279. The summed E-state index contributed by atoms with van der Waals surface area (Å²) in [7, 11) is 0. The normalized spacial score (nSPS) is 11.1. The predicted molar refractivity (Wildman–Crippen MR) is 90.3 cm³/mol. The molecule has 4 rings (SSSR count). The highest BCUT2D eigenvalue weighted by molar-refractivity contribution is 5.78. The summed E-state index contributed by atoms with van der Waals surface area (Å²) in [4.78, 5) is 13.3. The van der Waals surface area contributed by atoms with Gasteiger partial charge in [0.25, 0.3) is 0 Å². The van der Waals surface area contributed by atoms with E-state index in [1.54, 1.807) is 6.07 Å². The molecule has 0 radical (unpaired) electrons. The number of pyridine rings is 1. The van der Waals surface area contributed by atoms with E-state index in [4.69, 9.17) is 4.74 Å². The number of aryl methyl sites for hydroxylation is 1. The quantitative estimate of drug-likeness (QED) is 0.568. The summed E-state index contributed by atoms with van der Waals surface area (Å²) in [5, 5.41) is 1.08. The molecule has 0 atom stereocenters. The Kier molecular flexibility index (Phi) is 3.54. The Hall–Kier alpha value is -3.08. The van der Waals surface area contributed by atoms with Gasteiger partial charge >= 0.3 is 0 Å². The first-order valence-corrected chi connectivity index (χ1v) is 7.60. The summed E-state index contributed by atoms with van der Waals surface area (Å²) >= 11 is 0. The lowest BCUT2D eigenvalue weighted by molar-refractivity contribution is 0.287. The van der Waals surface area contributed by atoms with Crippen LogP contribution in [0.3, 0.4) is 0 Å². The van der Waals surface area contributed by atoms with Crippen molar-refractivity contribution >= 4 is 21.9 Å². The van der Waals surface area contributed by atoms with E-state index in [0.717, 1.165) is 16.6 Å². The van der Waals surface area contributed by atoms with Gasteiger partial charge in [0.05, 0.1) is 22.2 Å². The largest absolute Gasteiger partial charge is 0.470 e. The van der Waals surface area contributed by atoms with Crippen LogP contribution in [0.1, 0.15) is 11.4 Å². The summed E-state index contributed by atoms with van der Waals surface area (Å²) in [6, 6.07) is 16.2. The average Bonchev–Trinajstić information content (AvgIpc) is 2.60. The maximum absolute atomic E-state index is 13.3. The second-order valence-corrected chi connectivity index (χ2v) is 5.53. The van der Waals surface area contributed by atoms with Crippen molar-refractivity contribution in [1.82, 2.24) is 15.0 Å². The fraction of sp³-hybridized carbons (Fsp3) is 0.105. The Bertz CT molecular complexity index is 1050. The summed E-state index contributed by atoms with van der Waals surface area (Å²) in [6.07, 6.45) is 0. The lowest BCUT2D eigenvalue weighted by Crippen LogP contribution is -2.03. The molecule has 0 saturated carbocycles. The molecular weight excluding hydrogens is 305 g/mol. The summed E-state index contributed by atoms with van der Waals surface area (Å²) < 4.78 is 19.1. The van der Waals surface area contributed by atoms with Crippen LogP contribution in [0.5, 0.6) is 5.88 Å². The molecule has 0 unspecified atom stereocenters. The molecule has 0 aliphatic carbocycles. The van der Waals surface area contributed by atoms with Gasteiger partial charge in [0.1, 0.15) is 18.1 Å². The third-order valence-electron chi connectivity index (χ3n) is 3.77. The van der Waals surface area contributed by atoms with Crippen molar-refractivity contribution in [2.45, 2.75) is 13.5 Å². The van der Waals surface area contributed by atoms with Crippen LogP contribution < -0.4 is 4.74 Å². The molecule has 2 heterocycles. The molecule has 0 saturated heterocycles. The van der Waals surface area contributed by atoms with E-state index in [2.05, 4.69) is 15.0 Å². The smallest absolute Gasteiger partial charge is 0.236 e. The van der Waals surface area contributed by atoms with Crippen molar-refractivity contribution in [2.24, 2.45) is 0 Å². The number of rotatable bonds is 3. The molecule has 2 aromatic heterocycles. The van der Waals surface area contributed by atoms with Crippen LogP contribution in [-0.2, 0) is 6.61 Å². The van der Waals surface area contributed by atoms with Gasteiger partial charge in [-0.15, -0.1) is 0 Å². The van der Waals surface area contributed by atoms with Crippen LogP contribution in [0.25, 0.3) is 21.9 Å². The van der Waals surface area contributed by atoms with E-state index in [1.165, 1.54) is 12.1 Å². The molecule has 0 fully saturated rings. The number of nitrogens with zero attached hydrogens (tertiary/aromatic N) is 3. The zero-order valence-corrected chi connectivity index (χ0v) is 13.0. The summed E-state index contributed by atoms with van der Waals surface area (Å²) in [5.41, 5.74) is 3.50. The molecule has 0 spiro atoms. The van der Waals surface area contributed by atoms with Gasteiger partial charge in [0.2, 0.25) is 5.88 Å². The highest BCUT2D eigenvalue weighted by atomic mass is 19.1. The Balaban J connectivity index is 1.62. The number of benzene rings is 2. The number of halogens is 1. The number of ether oxygens (including phenoxy) is 1. The molecule has 0 N–H and O–H groups in total. The average molecular weight is 319 g/mol. The third-order valence-corrected chi connectivity index (χ3v) is 3.77. The van der Waals surface area contributed by atoms with E-state index >= 15 is 0 Å². The number of aromatic nitrogens is 3. The number of fused-ring (bicyclic) bond motifs is 2. The van der Waals surface area contributed by atoms with Crippen LogP contribution in [0.2, 0.25) is 0 Å². The molecule has 4 aromatic rings. The zero-order valence-electron chi connectivity index (χ0n) is 13.0. The van der Waals surface area contributed by atoms with Gasteiger partial charge in [-0.3, -0.25) is 0 Å². The second kappa shape index (κ2) is 5.85.